The van der Waals surface area contributed by atoms with Gasteiger partial charge in [0.15, 0.2) is 0 Å². The van der Waals surface area contributed by atoms with Crippen molar-refractivity contribution >= 4 is 36.9 Å². The second-order valence-corrected chi connectivity index (χ2v) is 7.06. The quantitative estimate of drug-likeness (QED) is 0.747. The minimum absolute atomic E-state index is 0.333. The number of fused-ring (bicyclic) bond motifs is 1. The maximum absolute atomic E-state index is 12.8. The van der Waals surface area contributed by atoms with Gasteiger partial charge in [0.2, 0.25) is 10.0 Å². The van der Waals surface area contributed by atoms with E-state index < -0.39 is 10.0 Å². The lowest BCUT2D eigenvalue weighted by Gasteiger charge is -2.20. The van der Waals surface area contributed by atoms with Crippen molar-refractivity contribution in [1.29, 1.82) is 0 Å². The minimum Gasteiger partial charge on any atom is -0.256 e. The number of benzene rings is 1. The molecule has 1 aromatic carbocycles. The van der Waals surface area contributed by atoms with Crippen molar-refractivity contribution in [3.63, 3.8) is 0 Å². The van der Waals surface area contributed by atoms with Gasteiger partial charge in [-0.1, -0.05) is 28.9 Å². The van der Waals surface area contributed by atoms with Crippen molar-refractivity contribution in [2.24, 2.45) is 0 Å². The number of pyridine rings is 1. The Hall–Kier alpha value is -0.980. The number of sulfonamides is 1. The van der Waals surface area contributed by atoms with Gasteiger partial charge in [0.25, 0.3) is 0 Å². The Morgan fingerprint density at radius 1 is 1.25 bits per heavy atom. The molecule has 1 heterocycles. The Bertz CT molecular complexity index is 683. The van der Waals surface area contributed by atoms with Crippen LogP contribution in [0.5, 0.6) is 0 Å². The summed E-state index contributed by atoms with van der Waals surface area (Å²) in [5, 5.41) is 1.46. The zero-order valence-corrected chi connectivity index (χ0v) is 13.7. The van der Waals surface area contributed by atoms with E-state index in [1.807, 2.05) is 13.0 Å². The number of aromatic nitrogens is 1. The molecule has 0 N–H and O–H groups in total. The van der Waals surface area contributed by atoms with Crippen LogP contribution in [0, 0.1) is 0 Å². The van der Waals surface area contributed by atoms with Gasteiger partial charge in [-0.05, 0) is 30.7 Å². The normalized spacial score (nSPS) is 12.2. The summed E-state index contributed by atoms with van der Waals surface area (Å²) in [6.07, 6.45) is 2.46. The number of halogens is 1. The molecule has 0 saturated carbocycles. The highest BCUT2D eigenvalue weighted by Gasteiger charge is 2.24. The average molecular weight is 357 g/mol. The maximum atomic E-state index is 12.8. The standard InChI is InChI=1S/C14H17BrN2O2S/c1-2-17(11-5-9-15)20(18,19)14-8-3-7-13-12(14)6-4-10-16-13/h3-4,6-8,10H,2,5,9,11H2,1H3. The summed E-state index contributed by atoms with van der Waals surface area (Å²) in [6.45, 7) is 2.84. The third-order valence-electron chi connectivity index (χ3n) is 3.12. The van der Waals surface area contributed by atoms with E-state index >= 15 is 0 Å². The van der Waals surface area contributed by atoms with Crippen molar-refractivity contribution in [2.45, 2.75) is 18.2 Å². The molecular formula is C14H17BrN2O2S. The van der Waals surface area contributed by atoms with E-state index in [-0.39, 0.29) is 0 Å². The molecule has 0 bridgehead atoms. The first-order valence-corrected chi connectivity index (χ1v) is 9.07. The molecule has 2 aromatic rings. The molecule has 4 nitrogen and oxygen atoms in total. The lowest BCUT2D eigenvalue weighted by Crippen LogP contribution is -2.32. The number of hydrogen-bond donors (Lipinski definition) is 0. The molecule has 108 valence electrons. The smallest absolute Gasteiger partial charge is 0.243 e. The third-order valence-corrected chi connectivity index (χ3v) is 5.71. The lowest BCUT2D eigenvalue weighted by atomic mass is 10.2. The SMILES string of the molecule is CCN(CCCBr)S(=O)(=O)c1cccc2ncccc12. The van der Waals surface area contributed by atoms with Crippen LogP contribution in [0.2, 0.25) is 0 Å². The van der Waals surface area contributed by atoms with Gasteiger partial charge >= 0.3 is 0 Å². The van der Waals surface area contributed by atoms with Crippen molar-refractivity contribution < 1.29 is 8.42 Å². The molecule has 0 aliphatic rings. The Kier molecular flexibility index (Phi) is 5.12. The summed E-state index contributed by atoms with van der Waals surface area (Å²) in [6, 6.07) is 8.77. The van der Waals surface area contributed by atoms with Gasteiger partial charge in [-0.15, -0.1) is 0 Å². The minimum atomic E-state index is -3.48. The molecule has 0 spiro atoms. The zero-order valence-electron chi connectivity index (χ0n) is 11.3. The topological polar surface area (TPSA) is 50.3 Å². The van der Waals surface area contributed by atoms with Crippen LogP contribution in [0.3, 0.4) is 0 Å². The van der Waals surface area contributed by atoms with Crippen molar-refractivity contribution in [3.05, 3.63) is 36.5 Å². The predicted molar refractivity (Wildman–Crippen MR) is 84.6 cm³/mol. The van der Waals surface area contributed by atoms with Gasteiger partial charge in [0.1, 0.15) is 0 Å². The van der Waals surface area contributed by atoms with E-state index in [1.54, 1.807) is 30.5 Å². The molecule has 0 amide bonds. The van der Waals surface area contributed by atoms with Crippen molar-refractivity contribution in [2.75, 3.05) is 18.4 Å². The maximum Gasteiger partial charge on any atom is 0.243 e. The highest BCUT2D eigenvalue weighted by atomic mass is 79.9. The first kappa shape index (κ1) is 15.4. The number of rotatable bonds is 6. The van der Waals surface area contributed by atoms with Gasteiger partial charge < -0.3 is 0 Å². The predicted octanol–water partition coefficient (Wildman–Crippen LogP) is 3.03. The number of alkyl halides is 1. The zero-order chi connectivity index (χ0) is 14.6. The Morgan fingerprint density at radius 3 is 2.75 bits per heavy atom. The molecule has 2 rings (SSSR count). The van der Waals surface area contributed by atoms with Gasteiger partial charge in [0, 0.05) is 30.0 Å². The van der Waals surface area contributed by atoms with E-state index in [2.05, 4.69) is 20.9 Å². The molecule has 20 heavy (non-hydrogen) atoms. The largest absolute Gasteiger partial charge is 0.256 e. The van der Waals surface area contributed by atoms with Gasteiger partial charge in [-0.3, -0.25) is 4.98 Å². The molecule has 0 aliphatic heterocycles. The fraction of sp³-hybridized carbons (Fsp3) is 0.357. The molecule has 0 radical (unpaired) electrons. The molecule has 0 atom stereocenters. The summed E-state index contributed by atoms with van der Waals surface area (Å²) < 4.78 is 27.0. The van der Waals surface area contributed by atoms with Gasteiger partial charge in [-0.2, -0.15) is 4.31 Å². The monoisotopic (exact) mass is 356 g/mol. The summed E-state index contributed by atoms with van der Waals surface area (Å²) in [7, 11) is -3.48. The van der Waals surface area contributed by atoms with E-state index in [9.17, 15) is 8.42 Å². The fourth-order valence-electron chi connectivity index (χ4n) is 2.12. The third kappa shape index (κ3) is 3.02. The van der Waals surface area contributed by atoms with Crippen LogP contribution in [0.25, 0.3) is 10.9 Å². The lowest BCUT2D eigenvalue weighted by molar-refractivity contribution is 0.429. The number of hydrogen-bond acceptors (Lipinski definition) is 3. The Labute approximate surface area is 128 Å². The first-order chi connectivity index (χ1) is 9.61. The van der Waals surface area contributed by atoms with E-state index in [4.69, 9.17) is 0 Å². The molecule has 6 heteroatoms. The van der Waals surface area contributed by atoms with Crippen LogP contribution in [-0.2, 0) is 10.0 Å². The molecule has 1 aromatic heterocycles. The van der Waals surface area contributed by atoms with Gasteiger partial charge in [0.05, 0.1) is 10.4 Å². The van der Waals surface area contributed by atoms with Crippen LogP contribution in [0.15, 0.2) is 41.4 Å². The fourth-order valence-corrected chi connectivity index (χ4v) is 4.06. The molecule has 0 unspecified atom stereocenters. The molecule has 0 fully saturated rings. The second-order valence-electron chi connectivity index (χ2n) is 4.37. The summed E-state index contributed by atoms with van der Waals surface area (Å²) in [5.74, 6) is 0. The molecular weight excluding hydrogens is 340 g/mol. The summed E-state index contributed by atoms with van der Waals surface area (Å²) >= 11 is 3.34. The van der Waals surface area contributed by atoms with E-state index in [1.165, 1.54) is 4.31 Å². The highest BCUT2D eigenvalue weighted by Crippen LogP contribution is 2.24. The Morgan fingerprint density at radius 2 is 2.05 bits per heavy atom. The van der Waals surface area contributed by atoms with E-state index in [0.717, 1.165) is 11.8 Å². The van der Waals surface area contributed by atoms with E-state index in [0.29, 0.717) is 28.9 Å². The Balaban J connectivity index is 2.51. The van der Waals surface area contributed by atoms with Crippen LogP contribution in [0.4, 0.5) is 0 Å². The van der Waals surface area contributed by atoms with Gasteiger partial charge in [-0.25, -0.2) is 8.42 Å². The van der Waals surface area contributed by atoms with Crippen molar-refractivity contribution in [1.82, 2.24) is 9.29 Å². The van der Waals surface area contributed by atoms with Crippen LogP contribution in [0.1, 0.15) is 13.3 Å². The average Bonchev–Trinajstić information content (AvgIpc) is 2.47. The first-order valence-electron chi connectivity index (χ1n) is 6.51. The highest BCUT2D eigenvalue weighted by molar-refractivity contribution is 9.09. The number of nitrogens with zero attached hydrogens (tertiary/aromatic N) is 2. The summed E-state index contributed by atoms with van der Waals surface area (Å²) in [5.41, 5.74) is 0.699. The van der Waals surface area contributed by atoms with Crippen LogP contribution < -0.4 is 0 Å². The van der Waals surface area contributed by atoms with Crippen LogP contribution in [-0.4, -0.2) is 36.1 Å². The molecule has 0 saturated heterocycles. The summed E-state index contributed by atoms with van der Waals surface area (Å²) in [4.78, 5) is 4.55. The van der Waals surface area contributed by atoms with Crippen LogP contribution >= 0.6 is 15.9 Å². The molecule has 0 aliphatic carbocycles. The van der Waals surface area contributed by atoms with Crippen molar-refractivity contribution in [3.8, 4) is 0 Å². The second kappa shape index (κ2) is 6.65.